The molecule has 92 valence electrons. The van der Waals surface area contributed by atoms with E-state index >= 15 is 0 Å². The van der Waals surface area contributed by atoms with Crippen molar-refractivity contribution in [2.24, 2.45) is 5.16 Å². The molecule has 3 heteroatoms. The van der Waals surface area contributed by atoms with Crippen LogP contribution in [0.5, 0.6) is 5.75 Å². The Balaban J connectivity index is 2.44. The second kappa shape index (κ2) is 7.49. The van der Waals surface area contributed by atoms with Gasteiger partial charge in [0.05, 0.1) is 5.71 Å². The second-order valence-electron chi connectivity index (χ2n) is 3.86. The summed E-state index contributed by atoms with van der Waals surface area (Å²) in [6.07, 6.45) is 5.58. The van der Waals surface area contributed by atoms with Gasteiger partial charge in [0.2, 0.25) is 0 Å². The maximum Gasteiger partial charge on any atom is 0.119 e. The van der Waals surface area contributed by atoms with E-state index in [4.69, 9.17) is 9.94 Å². The van der Waals surface area contributed by atoms with E-state index in [-0.39, 0.29) is 0 Å². The van der Waals surface area contributed by atoms with Crippen molar-refractivity contribution < 1.29 is 9.94 Å². The summed E-state index contributed by atoms with van der Waals surface area (Å²) in [6.45, 7) is 4.39. The standard InChI is InChI=1S/C14H19NO2/c1-3-4-11-17-14-9-7-13(8-10-14)6-5-12(2)15-16/h3-4,7-10,16H,5-6,11H2,1-2H3/b4-3+,15-12+. The molecule has 0 amide bonds. The largest absolute Gasteiger partial charge is 0.490 e. The number of benzene rings is 1. The van der Waals surface area contributed by atoms with Gasteiger partial charge in [0, 0.05) is 0 Å². The van der Waals surface area contributed by atoms with E-state index < -0.39 is 0 Å². The van der Waals surface area contributed by atoms with Crippen LogP contribution >= 0.6 is 0 Å². The summed E-state index contributed by atoms with van der Waals surface area (Å²) in [5.74, 6) is 0.874. The molecule has 3 nitrogen and oxygen atoms in total. The van der Waals surface area contributed by atoms with Crippen molar-refractivity contribution in [3.8, 4) is 5.75 Å². The zero-order valence-electron chi connectivity index (χ0n) is 10.4. The molecule has 0 bridgehead atoms. The van der Waals surface area contributed by atoms with Gasteiger partial charge in [-0.2, -0.15) is 0 Å². The molecule has 0 saturated heterocycles. The van der Waals surface area contributed by atoms with Gasteiger partial charge in [-0.15, -0.1) is 0 Å². The summed E-state index contributed by atoms with van der Waals surface area (Å²) in [6, 6.07) is 8.00. The number of hydrogen-bond donors (Lipinski definition) is 1. The lowest BCUT2D eigenvalue weighted by molar-refractivity contribution is 0.317. The lowest BCUT2D eigenvalue weighted by Crippen LogP contribution is -1.96. The summed E-state index contributed by atoms with van der Waals surface area (Å²) in [5.41, 5.74) is 1.96. The number of rotatable bonds is 6. The van der Waals surface area contributed by atoms with Crippen LogP contribution in [0.25, 0.3) is 0 Å². The molecule has 17 heavy (non-hydrogen) atoms. The second-order valence-corrected chi connectivity index (χ2v) is 3.86. The predicted octanol–water partition coefficient (Wildman–Crippen LogP) is 3.42. The van der Waals surface area contributed by atoms with E-state index in [0.29, 0.717) is 6.61 Å². The van der Waals surface area contributed by atoms with Crippen LogP contribution in [0.3, 0.4) is 0 Å². The first kappa shape index (κ1) is 13.3. The van der Waals surface area contributed by atoms with Crippen molar-refractivity contribution in [3.05, 3.63) is 42.0 Å². The Morgan fingerprint density at radius 3 is 2.65 bits per heavy atom. The van der Waals surface area contributed by atoms with Crippen LogP contribution in [0.2, 0.25) is 0 Å². The molecule has 0 atom stereocenters. The van der Waals surface area contributed by atoms with Crippen molar-refractivity contribution in [2.75, 3.05) is 6.61 Å². The maximum absolute atomic E-state index is 8.54. The third kappa shape index (κ3) is 5.20. The summed E-state index contributed by atoms with van der Waals surface area (Å²) >= 11 is 0. The van der Waals surface area contributed by atoms with Crippen molar-refractivity contribution in [3.63, 3.8) is 0 Å². The molecular formula is C14H19NO2. The normalized spacial score (nSPS) is 12.0. The van der Waals surface area contributed by atoms with Gasteiger partial charge >= 0.3 is 0 Å². The summed E-state index contributed by atoms with van der Waals surface area (Å²) in [4.78, 5) is 0. The summed E-state index contributed by atoms with van der Waals surface area (Å²) in [5, 5.41) is 11.7. The highest BCUT2D eigenvalue weighted by Gasteiger charge is 1.97. The lowest BCUT2D eigenvalue weighted by atomic mass is 10.1. The fourth-order valence-corrected chi connectivity index (χ4v) is 1.37. The number of aryl methyl sites for hydroxylation is 1. The highest BCUT2D eigenvalue weighted by Crippen LogP contribution is 2.13. The van der Waals surface area contributed by atoms with Crippen LogP contribution in [0.1, 0.15) is 25.8 Å². The third-order valence-corrected chi connectivity index (χ3v) is 2.45. The molecule has 0 spiro atoms. The van der Waals surface area contributed by atoms with Crippen LogP contribution in [-0.4, -0.2) is 17.5 Å². The van der Waals surface area contributed by atoms with Gasteiger partial charge in [0.1, 0.15) is 12.4 Å². The fraction of sp³-hybridized carbons (Fsp3) is 0.357. The molecule has 0 aromatic heterocycles. The number of nitrogens with zero attached hydrogens (tertiary/aromatic N) is 1. The summed E-state index contributed by atoms with van der Waals surface area (Å²) < 4.78 is 5.50. The molecule has 0 heterocycles. The van der Waals surface area contributed by atoms with Crippen molar-refractivity contribution in [2.45, 2.75) is 26.7 Å². The monoisotopic (exact) mass is 233 g/mol. The molecule has 1 aromatic carbocycles. The van der Waals surface area contributed by atoms with E-state index in [1.165, 1.54) is 5.56 Å². The minimum atomic E-state index is 0.603. The van der Waals surface area contributed by atoms with Gasteiger partial charge in [-0.25, -0.2) is 0 Å². The lowest BCUT2D eigenvalue weighted by Gasteiger charge is -2.05. The van der Waals surface area contributed by atoms with E-state index in [0.717, 1.165) is 24.3 Å². The highest BCUT2D eigenvalue weighted by atomic mass is 16.5. The first-order valence-corrected chi connectivity index (χ1v) is 5.76. The minimum Gasteiger partial charge on any atom is -0.490 e. The Kier molecular flexibility index (Phi) is 5.86. The fourth-order valence-electron chi connectivity index (χ4n) is 1.37. The van der Waals surface area contributed by atoms with Crippen LogP contribution in [0.4, 0.5) is 0 Å². The molecule has 0 unspecified atom stereocenters. The molecule has 0 aliphatic carbocycles. The van der Waals surface area contributed by atoms with Gasteiger partial charge in [-0.3, -0.25) is 0 Å². The van der Waals surface area contributed by atoms with Crippen molar-refractivity contribution in [1.29, 1.82) is 0 Å². The van der Waals surface area contributed by atoms with Crippen LogP contribution in [-0.2, 0) is 6.42 Å². The molecular weight excluding hydrogens is 214 g/mol. The molecule has 0 saturated carbocycles. The Hall–Kier alpha value is -1.77. The third-order valence-electron chi connectivity index (χ3n) is 2.45. The van der Waals surface area contributed by atoms with Crippen molar-refractivity contribution >= 4 is 5.71 Å². The quantitative estimate of drug-likeness (QED) is 0.354. The number of hydrogen-bond acceptors (Lipinski definition) is 3. The SMILES string of the molecule is C/C=C/COc1ccc(CC/C(C)=N/O)cc1. The van der Waals surface area contributed by atoms with E-state index in [1.54, 1.807) is 0 Å². The van der Waals surface area contributed by atoms with Gasteiger partial charge in [-0.1, -0.05) is 29.4 Å². The summed E-state index contributed by atoms with van der Waals surface area (Å²) in [7, 11) is 0. The Bertz CT molecular complexity index is 380. The average molecular weight is 233 g/mol. The first-order chi connectivity index (χ1) is 8.26. The number of allylic oxidation sites excluding steroid dienone is 1. The zero-order valence-corrected chi connectivity index (χ0v) is 10.4. The van der Waals surface area contributed by atoms with E-state index in [2.05, 4.69) is 5.16 Å². The minimum absolute atomic E-state index is 0.603. The molecule has 0 fully saturated rings. The van der Waals surface area contributed by atoms with Crippen molar-refractivity contribution in [1.82, 2.24) is 0 Å². The van der Waals surface area contributed by atoms with Gasteiger partial charge in [0.25, 0.3) is 0 Å². The number of oxime groups is 1. The molecule has 0 aliphatic heterocycles. The average Bonchev–Trinajstić information content (AvgIpc) is 2.37. The predicted molar refractivity (Wildman–Crippen MR) is 70.0 cm³/mol. The first-order valence-electron chi connectivity index (χ1n) is 5.76. The topological polar surface area (TPSA) is 41.8 Å². The van der Waals surface area contributed by atoms with E-state index in [1.807, 2.05) is 50.3 Å². The molecule has 1 rings (SSSR count). The maximum atomic E-state index is 8.54. The van der Waals surface area contributed by atoms with Gasteiger partial charge in [-0.05, 0) is 44.4 Å². The molecule has 0 radical (unpaired) electrons. The zero-order chi connectivity index (χ0) is 12.5. The highest BCUT2D eigenvalue weighted by molar-refractivity contribution is 5.81. The Labute approximate surface area is 102 Å². The molecule has 1 N–H and O–H groups in total. The smallest absolute Gasteiger partial charge is 0.119 e. The van der Waals surface area contributed by atoms with E-state index in [9.17, 15) is 0 Å². The molecule has 0 aliphatic rings. The van der Waals surface area contributed by atoms with Gasteiger partial charge < -0.3 is 9.94 Å². The van der Waals surface area contributed by atoms with Crippen LogP contribution in [0.15, 0.2) is 41.6 Å². The van der Waals surface area contributed by atoms with Gasteiger partial charge in [0.15, 0.2) is 0 Å². The Morgan fingerprint density at radius 1 is 1.35 bits per heavy atom. The number of ether oxygens (including phenoxy) is 1. The molecule has 1 aromatic rings. The Morgan fingerprint density at radius 2 is 2.06 bits per heavy atom. The van der Waals surface area contributed by atoms with Crippen LogP contribution < -0.4 is 4.74 Å². The van der Waals surface area contributed by atoms with Crippen LogP contribution in [0, 0.1) is 0 Å².